The summed E-state index contributed by atoms with van der Waals surface area (Å²) in [6, 6.07) is 13.2. The number of nitrogens with one attached hydrogen (secondary N) is 1. The van der Waals surface area contributed by atoms with E-state index in [-0.39, 0.29) is 25.2 Å². The van der Waals surface area contributed by atoms with E-state index in [9.17, 15) is 23.2 Å². The van der Waals surface area contributed by atoms with Crippen LogP contribution < -0.4 is 11.1 Å². The van der Waals surface area contributed by atoms with Crippen LogP contribution in [0.2, 0.25) is 0 Å². The van der Waals surface area contributed by atoms with Crippen molar-refractivity contribution in [3.05, 3.63) is 93.2 Å². The predicted molar refractivity (Wildman–Crippen MR) is 123 cm³/mol. The van der Waals surface area contributed by atoms with E-state index in [1.54, 1.807) is 17.5 Å². The van der Waals surface area contributed by atoms with Gasteiger partial charge in [0, 0.05) is 37.8 Å². The Kier molecular flexibility index (Phi) is 6.99. The average molecular weight is 485 g/mol. The highest BCUT2D eigenvalue weighted by Gasteiger charge is 2.43. The summed E-state index contributed by atoms with van der Waals surface area (Å²) >= 11 is 1.22. The first-order valence-electron chi connectivity index (χ1n) is 10.5. The van der Waals surface area contributed by atoms with Gasteiger partial charge in [0.1, 0.15) is 11.6 Å². The molecule has 34 heavy (non-hydrogen) atoms. The molecule has 7 nitrogen and oxygen atoms in total. The third-order valence-corrected chi connectivity index (χ3v) is 6.32. The summed E-state index contributed by atoms with van der Waals surface area (Å²) in [7, 11) is 0. The third kappa shape index (κ3) is 4.97. The number of nitrogens with zero attached hydrogens (tertiary/aromatic N) is 2. The fourth-order valence-electron chi connectivity index (χ4n) is 3.87. The number of amides is 3. The van der Waals surface area contributed by atoms with E-state index < -0.39 is 35.5 Å². The number of thiophene rings is 1. The van der Waals surface area contributed by atoms with Crippen molar-refractivity contribution in [1.29, 1.82) is 0 Å². The molecule has 0 spiro atoms. The lowest BCUT2D eigenvalue weighted by molar-refractivity contribution is -0.128. The molecular weight excluding hydrogens is 462 g/mol. The Morgan fingerprint density at radius 3 is 2.26 bits per heavy atom. The fourth-order valence-corrected chi connectivity index (χ4v) is 4.55. The van der Waals surface area contributed by atoms with Crippen LogP contribution in [0.25, 0.3) is 0 Å². The minimum atomic E-state index is -1.27. The first-order chi connectivity index (χ1) is 16.4. The predicted octanol–water partition coefficient (Wildman–Crippen LogP) is 2.73. The van der Waals surface area contributed by atoms with Crippen LogP contribution in [-0.2, 0) is 17.9 Å². The van der Waals surface area contributed by atoms with Crippen molar-refractivity contribution < 1.29 is 23.2 Å². The van der Waals surface area contributed by atoms with Gasteiger partial charge >= 0.3 is 0 Å². The summed E-state index contributed by atoms with van der Waals surface area (Å²) in [5, 5.41) is 4.51. The van der Waals surface area contributed by atoms with E-state index in [2.05, 4.69) is 5.32 Å². The minimum Gasteiger partial charge on any atom is -0.349 e. The van der Waals surface area contributed by atoms with Crippen LogP contribution >= 0.6 is 11.3 Å². The van der Waals surface area contributed by atoms with Crippen molar-refractivity contribution in [3.63, 3.8) is 0 Å². The van der Waals surface area contributed by atoms with Crippen LogP contribution in [0, 0.1) is 11.6 Å². The summed E-state index contributed by atoms with van der Waals surface area (Å²) < 4.78 is 27.5. The fraction of sp³-hybridized carbons (Fsp3) is 0.208. The maximum Gasteiger partial charge on any atom is 0.266 e. The van der Waals surface area contributed by atoms with Gasteiger partial charge in [-0.1, -0.05) is 30.3 Å². The number of hydrogen-bond donors (Lipinski definition) is 2. The zero-order valence-corrected chi connectivity index (χ0v) is 18.9. The summed E-state index contributed by atoms with van der Waals surface area (Å²) in [5.74, 6) is -3.54. The van der Waals surface area contributed by atoms with Gasteiger partial charge in [-0.25, -0.2) is 8.78 Å². The van der Waals surface area contributed by atoms with Crippen LogP contribution in [-0.4, -0.2) is 46.8 Å². The molecule has 0 bridgehead atoms. The molecule has 4 rings (SSSR count). The van der Waals surface area contributed by atoms with E-state index >= 15 is 0 Å². The lowest BCUT2D eigenvalue weighted by Crippen LogP contribution is -2.53. The Morgan fingerprint density at radius 1 is 0.941 bits per heavy atom. The van der Waals surface area contributed by atoms with Gasteiger partial charge in [0.15, 0.2) is 6.17 Å². The van der Waals surface area contributed by atoms with Crippen LogP contribution in [0.4, 0.5) is 8.78 Å². The molecule has 1 fully saturated rings. The number of carbonyl (C=O) groups excluding carboxylic acids is 3. The van der Waals surface area contributed by atoms with Gasteiger partial charge in [0.05, 0.1) is 4.88 Å². The number of hydrogen-bond acceptors (Lipinski definition) is 5. The second kappa shape index (κ2) is 10.1. The number of benzene rings is 2. The van der Waals surface area contributed by atoms with Crippen molar-refractivity contribution in [3.8, 4) is 0 Å². The SMILES string of the molecule is NCc1cccc(CNC(=O)C2N(C(=O)c3cc(F)cc(F)c3)CCN2C(=O)c2cccs2)c1. The topological polar surface area (TPSA) is 95.7 Å². The van der Waals surface area contributed by atoms with Crippen LogP contribution in [0.1, 0.15) is 31.2 Å². The van der Waals surface area contributed by atoms with E-state index in [4.69, 9.17) is 5.73 Å². The maximum absolute atomic E-state index is 13.7. The number of halogens is 2. The Labute approximate surface area is 198 Å². The molecule has 3 amide bonds. The lowest BCUT2D eigenvalue weighted by Gasteiger charge is -2.29. The molecule has 1 unspecified atom stereocenters. The van der Waals surface area contributed by atoms with Gasteiger partial charge in [-0.2, -0.15) is 0 Å². The smallest absolute Gasteiger partial charge is 0.266 e. The quantitative estimate of drug-likeness (QED) is 0.563. The number of rotatable bonds is 6. The first-order valence-corrected chi connectivity index (χ1v) is 11.4. The van der Waals surface area contributed by atoms with Gasteiger partial charge in [-0.15, -0.1) is 11.3 Å². The van der Waals surface area contributed by atoms with Crippen LogP contribution in [0.5, 0.6) is 0 Å². The summed E-state index contributed by atoms with van der Waals surface area (Å²) in [4.78, 5) is 42.4. The maximum atomic E-state index is 13.7. The second-order valence-corrected chi connectivity index (χ2v) is 8.70. The lowest BCUT2D eigenvalue weighted by atomic mass is 10.1. The standard InChI is InChI=1S/C24H22F2N4O3S/c25-18-10-17(11-19(26)12-18)23(32)29-6-7-30(24(33)20-5-2-8-34-20)22(29)21(31)28-14-16-4-1-3-15(9-16)13-27/h1-5,8-12,22H,6-7,13-14,27H2,(H,28,31). The molecule has 3 N–H and O–H groups in total. The molecule has 0 saturated carbocycles. The molecule has 176 valence electrons. The highest BCUT2D eigenvalue weighted by molar-refractivity contribution is 7.12. The van der Waals surface area contributed by atoms with E-state index in [0.29, 0.717) is 17.5 Å². The number of carbonyl (C=O) groups is 3. The second-order valence-electron chi connectivity index (χ2n) is 7.75. The Morgan fingerprint density at radius 2 is 1.62 bits per heavy atom. The van der Waals surface area contributed by atoms with E-state index in [1.165, 1.54) is 16.2 Å². The highest BCUT2D eigenvalue weighted by atomic mass is 32.1. The summed E-state index contributed by atoms with van der Waals surface area (Å²) in [6.45, 7) is 0.636. The van der Waals surface area contributed by atoms with Gasteiger partial charge in [-0.05, 0) is 34.7 Å². The Hall–Kier alpha value is -3.63. The van der Waals surface area contributed by atoms with E-state index in [0.717, 1.165) is 28.2 Å². The van der Waals surface area contributed by atoms with Crippen molar-refractivity contribution in [2.24, 2.45) is 5.73 Å². The monoisotopic (exact) mass is 484 g/mol. The zero-order chi connectivity index (χ0) is 24.2. The largest absolute Gasteiger partial charge is 0.349 e. The van der Waals surface area contributed by atoms with Gasteiger partial charge in [0.25, 0.3) is 17.7 Å². The van der Waals surface area contributed by atoms with Gasteiger partial charge < -0.3 is 20.9 Å². The van der Waals surface area contributed by atoms with Crippen LogP contribution in [0.3, 0.4) is 0 Å². The molecule has 1 aromatic heterocycles. The van der Waals surface area contributed by atoms with Crippen LogP contribution in [0.15, 0.2) is 60.0 Å². The molecule has 0 aliphatic carbocycles. The molecule has 1 aliphatic rings. The Balaban J connectivity index is 1.60. The Bertz CT molecular complexity index is 1200. The molecule has 1 aliphatic heterocycles. The highest BCUT2D eigenvalue weighted by Crippen LogP contribution is 2.23. The normalized spacial score (nSPS) is 15.4. The zero-order valence-electron chi connectivity index (χ0n) is 18.0. The molecule has 3 aromatic rings. The van der Waals surface area contributed by atoms with Crippen molar-refractivity contribution in [1.82, 2.24) is 15.1 Å². The third-order valence-electron chi connectivity index (χ3n) is 5.46. The molecular formula is C24H22F2N4O3S. The summed E-state index contributed by atoms with van der Waals surface area (Å²) in [5.41, 5.74) is 7.13. The minimum absolute atomic E-state index is 0.0365. The average Bonchev–Trinajstić information content (AvgIpc) is 3.52. The van der Waals surface area contributed by atoms with Crippen molar-refractivity contribution >= 4 is 29.1 Å². The molecule has 1 atom stereocenters. The number of nitrogens with two attached hydrogens (primary N) is 1. The van der Waals surface area contributed by atoms with Gasteiger partial charge in [-0.3, -0.25) is 14.4 Å². The first kappa shape index (κ1) is 23.5. The van der Waals surface area contributed by atoms with Gasteiger partial charge in [0.2, 0.25) is 0 Å². The molecule has 1 saturated heterocycles. The van der Waals surface area contributed by atoms with Crippen molar-refractivity contribution in [2.75, 3.05) is 13.1 Å². The van der Waals surface area contributed by atoms with Crippen molar-refractivity contribution in [2.45, 2.75) is 19.3 Å². The summed E-state index contributed by atoms with van der Waals surface area (Å²) in [6.07, 6.45) is -1.27. The molecule has 2 aromatic carbocycles. The van der Waals surface area contributed by atoms with E-state index in [1.807, 2.05) is 24.3 Å². The molecule has 2 heterocycles. The molecule has 10 heteroatoms. The molecule has 0 radical (unpaired) electrons.